The lowest BCUT2D eigenvalue weighted by Gasteiger charge is -2.08. The number of fused-ring (bicyclic) bond motifs is 1. The van der Waals surface area contributed by atoms with Crippen LogP contribution in [0.1, 0.15) is 27.9 Å². The average Bonchev–Trinajstić information content (AvgIpc) is 3.01. The maximum atomic E-state index is 12.3. The minimum absolute atomic E-state index is 0.129. The summed E-state index contributed by atoms with van der Waals surface area (Å²) in [6.07, 6.45) is 3.23. The molecule has 0 heterocycles. The number of amides is 1. The van der Waals surface area contributed by atoms with Gasteiger partial charge >= 0.3 is 5.69 Å². The second kappa shape index (κ2) is 6.08. The molecule has 2 aromatic carbocycles. The van der Waals surface area contributed by atoms with Crippen LogP contribution in [0.25, 0.3) is 0 Å². The van der Waals surface area contributed by atoms with Crippen LogP contribution in [0.5, 0.6) is 5.75 Å². The second-order valence-electron chi connectivity index (χ2n) is 5.43. The van der Waals surface area contributed by atoms with Crippen LogP contribution in [-0.4, -0.2) is 17.9 Å². The number of anilines is 1. The molecule has 23 heavy (non-hydrogen) atoms. The number of hydrogen-bond donors (Lipinski definition) is 1. The van der Waals surface area contributed by atoms with Gasteiger partial charge in [-0.25, -0.2) is 0 Å². The standard InChI is InChI=1S/C17H16N2O4/c1-23-16-8-6-13(10-15(16)19(21)22)17(20)18-14-7-5-11-3-2-4-12(11)9-14/h5-10H,2-4H2,1H3,(H,18,20). The summed E-state index contributed by atoms with van der Waals surface area (Å²) in [4.78, 5) is 22.8. The molecule has 0 aromatic heterocycles. The van der Waals surface area contributed by atoms with Crippen LogP contribution in [-0.2, 0) is 12.8 Å². The smallest absolute Gasteiger partial charge is 0.311 e. The van der Waals surface area contributed by atoms with E-state index in [1.807, 2.05) is 18.2 Å². The van der Waals surface area contributed by atoms with E-state index in [2.05, 4.69) is 5.32 Å². The van der Waals surface area contributed by atoms with Gasteiger partial charge in [0.2, 0.25) is 0 Å². The number of nitro groups is 1. The van der Waals surface area contributed by atoms with Crippen LogP contribution in [0.15, 0.2) is 36.4 Å². The predicted molar refractivity (Wildman–Crippen MR) is 86.1 cm³/mol. The fraction of sp³-hybridized carbons (Fsp3) is 0.235. The van der Waals surface area contributed by atoms with Gasteiger partial charge in [0.15, 0.2) is 5.75 Å². The topological polar surface area (TPSA) is 81.5 Å². The van der Waals surface area contributed by atoms with Crippen LogP contribution >= 0.6 is 0 Å². The van der Waals surface area contributed by atoms with E-state index < -0.39 is 4.92 Å². The highest BCUT2D eigenvalue weighted by Crippen LogP contribution is 2.28. The van der Waals surface area contributed by atoms with E-state index >= 15 is 0 Å². The summed E-state index contributed by atoms with van der Waals surface area (Å²) in [5.74, 6) is -0.252. The molecule has 1 aliphatic carbocycles. The molecule has 1 amide bonds. The first-order chi connectivity index (χ1) is 11.1. The monoisotopic (exact) mass is 312 g/mol. The number of aryl methyl sites for hydroxylation is 2. The Bertz CT molecular complexity index is 786. The van der Waals surface area contributed by atoms with Crippen molar-refractivity contribution in [2.45, 2.75) is 19.3 Å². The normalized spacial score (nSPS) is 12.6. The second-order valence-corrected chi connectivity index (χ2v) is 5.43. The fourth-order valence-corrected chi connectivity index (χ4v) is 2.83. The molecular formula is C17H16N2O4. The number of methoxy groups -OCH3 is 1. The van der Waals surface area contributed by atoms with Gasteiger partial charge in [-0.3, -0.25) is 14.9 Å². The molecule has 0 aliphatic heterocycles. The fourth-order valence-electron chi connectivity index (χ4n) is 2.83. The highest BCUT2D eigenvalue weighted by molar-refractivity contribution is 6.04. The maximum absolute atomic E-state index is 12.3. The van der Waals surface area contributed by atoms with E-state index in [-0.39, 0.29) is 22.9 Å². The zero-order chi connectivity index (χ0) is 16.4. The molecule has 6 heteroatoms. The van der Waals surface area contributed by atoms with Crippen molar-refractivity contribution < 1.29 is 14.5 Å². The number of hydrogen-bond acceptors (Lipinski definition) is 4. The third kappa shape index (κ3) is 3.01. The third-order valence-electron chi connectivity index (χ3n) is 3.99. The van der Waals surface area contributed by atoms with Gasteiger partial charge in [0, 0.05) is 17.3 Å². The van der Waals surface area contributed by atoms with Gasteiger partial charge in [-0.15, -0.1) is 0 Å². The van der Waals surface area contributed by atoms with E-state index in [0.29, 0.717) is 5.69 Å². The molecular weight excluding hydrogens is 296 g/mol. The summed E-state index contributed by atoms with van der Waals surface area (Å²) in [5, 5.41) is 13.8. The Balaban J connectivity index is 1.83. The highest BCUT2D eigenvalue weighted by atomic mass is 16.6. The van der Waals surface area contributed by atoms with Gasteiger partial charge in [-0.1, -0.05) is 6.07 Å². The van der Waals surface area contributed by atoms with Crippen molar-refractivity contribution in [3.63, 3.8) is 0 Å². The molecule has 0 fully saturated rings. The van der Waals surface area contributed by atoms with E-state index in [1.54, 1.807) is 0 Å². The molecule has 0 radical (unpaired) electrons. The molecule has 0 unspecified atom stereocenters. The Morgan fingerprint density at radius 3 is 2.70 bits per heavy atom. The van der Waals surface area contributed by atoms with E-state index in [9.17, 15) is 14.9 Å². The predicted octanol–water partition coefficient (Wildman–Crippen LogP) is 3.34. The first-order valence-corrected chi connectivity index (χ1v) is 7.34. The van der Waals surface area contributed by atoms with Gasteiger partial charge in [-0.2, -0.15) is 0 Å². The Labute approximate surface area is 133 Å². The van der Waals surface area contributed by atoms with Crippen LogP contribution in [0.4, 0.5) is 11.4 Å². The lowest BCUT2D eigenvalue weighted by molar-refractivity contribution is -0.385. The summed E-state index contributed by atoms with van der Waals surface area (Å²) < 4.78 is 4.94. The van der Waals surface area contributed by atoms with Gasteiger partial charge in [0.25, 0.3) is 5.91 Å². The van der Waals surface area contributed by atoms with Crippen molar-refractivity contribution in [3.05, 3.63) is 63.2 Å². The van der Waals surface area contributed by atoms with Crippen molar-refractivity contribution in [3.8, 4) is 5.75 Å². The summed E-state index contributed by atoms with van der Waals surface area (Å²) in [6.45, 7) is 0. The maximum Gasteiger partial charge on any atom is 0.311 e. The third-order valence-corrected chi connectivity index (χ3v) is 3.99. The number of rotatable bonds is 4. The van der Waals surface area contributed by atoms with Crippen molar-refractivity contribution in [2.75, 3.05) is 12.4 Å². The van der Waals surface area contributed by atoms with Crippen molar-refractivity contribution >= 4 is 17.3 Å². The van der Waals surface area contributed by atoms with Crippen LogP contribution in [0.2, 0.25) is 0 Å². The number of nitro benzene ring substituents is 1. The van der Waals surface area contributed by atoms with Gasteiger partial charge in [0.1, 0.15) is 0 Å². The Hall–Kier alpha value is -2.89. The van der Waals surface area contributed by atoms with Crippen molar-refractivity contribution in [1.29, 1.82) is 0 Å². The summed E-state index contributed by atoms with van der Waals surface area (Å²) in [6, 6.07) is 10.0. The molecule has 1 N–H and O–H groups in total. The molecule has 6 nitrogen and oxygen atoms in total. The summed E-state index contributed by atoms with van der Waals surface area (Å²) in [7, 11) is 1.35. The average molecular weight is 312 g/mol. The molecule has 118 valence electrons. The van der Waals surface area contributed by atoms with Crippen LogP contribution in [0, 0.1) is 10.1 Å². The Kier molecular flexibility index (Phi) is 3.97. The van der Waals surface area contributed by atoms with E-state index in [0.717, 1.165) is 19.3 Å². The quantitative estimate of drug-likeness (QED) is 0.693. The van der Waals surface area contributed by atoms with Crippen molar-refractivity contribution in [1.82, 2.24) is 0 Å². The highest BCUT2D eigenvalue weighted by Gasteiger charge is 2.18. The zero-order valence-electron chi connectivity index (χ0n) is 12.7. The van der Waals surface area contributed by atoms with E-state index in [1.165, 1.54) is 36.4 Å². The van der Waals surface area contributed by atoms with Gasteiger partial charge in [0.05, 0.1) is 12.0 Å². The number of ether oxygens (including phenoxy) is 1. The largest absolute Gasteiger partial charge is 0.490 e. The number of nitrogens with zero attached hydrogens (tertiary/aromatic N) is 1. The molecule has 0 saturated carbocycles. The first kappa shape index (κ1) is 15.0. The first-order valence-electron chi connectivity index (χ1n) is 7.34. The molecule has 0 spiro atoms. The SMILES string of the molecule is COc1ccc(C(=O)Nc2ccc3c(c2)CCC3)cc1[N+](=O)[O-]. The minimum atomic E-state index is -0.564. The zero-order valence-corrected chi connectivity index (χ0v) is 12.7. The summed E-state index contributed by atoms with van der Waals surface area (Å²) >= 11 is 0. The molecule has 0 atom stereocenters. The number of benzene rings is 2. The van der Waals surface area contributed by atoms with Crippen LogP contribution < -0.4 is 10.1 Å². The van der Waals surface area contributed by atoms with Crippen LogP contribution in [0.3, 0.4) is 0 Å². The lowest BCUT2D eigenvalue weighted by atomic mass is 10.1. The lowest BCUT2D eigenvalue weighted by Crippen LogP contribution is -2.12. The molecule has 2 aromatic rings. The Morgan fingerprint density at radius 1 is 1.17 bits per heavy atom. The van der Waals surface area contributed by atoms with Gasteiger partial charge < -0.3 is 10.1 Å². The minimum Gasteiger partial charge on any atom is -0.490 e. The molecule has 1 aliphatic rings. The van der Waals surface area contributed by atoms with E-state index in [4.69, 9.17) is 4.74 Å². The molecule has 3 rings (SSSR count). The summed E-state index contributed by atoms with van der Waals surface area (Å²) in [5.41, 5.74) is 3.27. The Morgan fingerprint density at radius 2 is 1.96 bits per heavy atom. The van der Waals surface area contributed by atoms with Crippen molar-refractivity contribution in [2.24, 2.45) is 0 Å². The number of carbonyl (C=O) groups excluding carboxylic acids is 1. The molecule has 0 saturated heterocycles. The number of carbonyl (C=O) groups is 1. The van der Waals surface area contributed by atoms with Gasteiger partial charge in [-0.05, 0) is 54.7 Å². The molecule has 0 bridgehead atoms. The number of nitrogens with one attached hydrogen (secondary N) is 1.